The van der Waals surface area contributed by atoms with Crippen LogP contribution in [0.4, 0.5) is 21.0 Å². The maximum Gasteiger partial charge on any atom is 0.411 e. The summed E-state index contributed by atoms with van der Waals surface area (Å²) in [7, 11) is -3.99. The first-order valence-electron chi connectivity index (χ1n) is 14.2. The fraction of sp³-hybridized carbons (Fsp3) is 0.433. The third-order valence-electron chi connectivity index (χ3n) is 6.28. The first-order valence-corrected chi connectivity index (χ1v) is 16.5. The minimum atomic E-state index is -3.99. The smallest absolute Gasteiger partial charge is 0.411 e. The van der Waals surface area contributed by atoms with Crippen LogP contribution in [0.25, 0.3) is 21.0 Å². The molecule has 2 aromatic carbocycles. The van der Waals surface area contributed by atoms with Gasteiger partial charge in [0, 0.05) is 40.3 Å². The van der Waals surface area contributed by atoms with Crippen LogP contribution in [-0.2, 0) is 19.5 Å². The number of rotatable bonds is 9. The van der Waals surface area contributed by atoms with Crippen molar-refractivity contribution >= 4 is 44.9 Å². The monoisotopic (exact) mass is 629 g/mol. The van der Waals surface area contributed by atoms with Crippen molar-refractivity contribution in [3.8, 4) is 21.0 Å². The van der Waals surface area contributed by atoms with Crippen LogP contribution in [0.15, 0.2) is 53.6 Å². The van der Waals surface area contributed by atoms with E-state index in [1.807, 2.05) is 12.1 Å². The van der Waals surface area contributed by atoms with E-state index in [-0.39, 0.29) is 23.6 Å². The fourth-order valence-corrected chi connectivity index (χ4v) is 7.16. The molecule has 1 aliphatic heterocycles. The zero-order chi connectivity index (χ0) is 31.2. The van der Waals surface area contributed by atoms with E-state index < -0.39 is 27.7 Å². The van der Waals surface area contributed by atoms with Crippen molar-refractivity contribution in [3.63, 3.8) is 0 Å². The number of anilines is 2. The van der Waals surface area contributed by atoms with Crippen molar-refractivity contribution in [2.45, 2.75) is 76.5 Å². The van der Waals surface area contributed by atoms with Crippen molar-refractivity contribution in [3.05, 3.63) is 48.7 Å². The van der Waals surface area contributed by atoms with Gasteiger partial charge in [-0.25, -0.2) is 27.7 Å². The van der Waals surface area contributed by atoms with Gasteiger partial charge in [0.1, 0.15) is 11.6 Å². The van der Waals surface area contributed by atoms with Gasteiger partial charge in [0.25, 0.3) is 0 Å². The first kappa shape index (κ1) is 32.4. The Morgan fingerprint density at radius 3 is 2.40 bits per heavy atom. The van der Waals surface area contributed by atoms with Gasteiger partial charge in [-0.05, 0) is 90.4 Å². The highest BCUT2D eigenvalue weighted by molar-refractivity contribution is 7.89. The maximum atomic E-state index is 13.6. The Morgan fingerprint density at radius 2 is 1.74 bits per heavy atom. The number of carbonyl (C=O) groups is 2. The predicted molar refractivity (Wildman–Crippen MR) is 169 cm³/mol. The second kappa shape index (κ2) is 13.8. The van der Waals surface area contributed by atoms with Gasteiger partial charge >= 0.3 is 12.2 Å². The minimum Gasteiger partial charge on any atom is -0.448 e. The third kappa shape index (κ3) is 9.48. The second-order valence-corrected chi connectivity index (χ2v) is 14.3. The van der Waals surface area contributed by atoms with E-state index in [0.717, 1.165) is 31.4 Å². The Morgan fingerprint density at radius 1 is 1.05 bits per heavy atom. The number of hydrogen-bond donors (Lipinski definition) is 4. The number of aromatic nitrogens is 1. The number of carbonyl (C=O) groups excluding carboxylic acids is 2. The van der Waals surface area contributed by atoms with Gasteiger partial charge in [-0.3, -0.25) is 10.6 Å². The minimum absolute atomic E-state index is 0.00702. The number of ether oxygens (including phenoxy) is 2. The summed E-state index contributed by atoms with van der Waals surface area (Å²) in [4.78, 5) is 29.6. The van der Waals surface area contributed by atoms with Gasteiger partial charge in [-0.15, -0.1) is 11.3 Å². The molecular formula is C30H39N5O6S2. The number of piperidine rings is 1. The number of amides is 2. The lowest BCUT2D eigenvalue weighted by Crippen LogP contribution is -2.40. The molecule has 1 aliphatic rings. The summed E-state index contributed by atoms with van der Waals surface area (Å²) in [6, 6.07) is 11.9. The molecule has 2 amide bonds. The topological polar surface area (TPSA) is 148 Å². The summed E-state index contributed by atoms with van der Waals surface area (Å²) in [5.41, 5.74) is 1.37. The molecule has 0 spiro atoms. The van der Waals surface area contributed by atoms with Crippen LogP contribution >= 0.6 is 11.3 Å². The SMILES string of the molecule is CC(C)OC(=O)Nc1ccc(-c2ncc(-c3ccc(NC(=O)OC[C@H]4CCCCN4)cc3S(=O)(=O)NC(C)(C)C)s2)cc1. The lowest BCUT2D eigenvalue weighted by molar-refractivity contribution is 0.130. The molecule has 1 atom stereocenters. The molecule has 0 radical (unpaired) electrons. The zero-order valence-corrected chi connectivity index (χ0v) is 26.7. The Labute approximate surface area is 256 Å². The molecule has 0 bridgehead atoms. The Bertz CT molecular complexity index is 1530. The Kier molecular flexibility index (Phi) is 10.4. The summed E-state index contributed by atoms with van der Waals surface area (Å²) in [5.74, 6) is 0. The average Bonchev–Trinajstić information content (AvgIpc) is 3.41. The van der Waals surface area contributed by atoms with Crippen molar-refractivity contribution in [2.75, 3.05) is 23.8 Å². The quantitative estimate of drug-likeness (QED) is 0.219. The van der Waals surface area contributed by atoms with Gasteiger partial charge in [-0.2, -0.15) is 0 Å². The van der Waals surface area contributed by atoms with E-state index >= 15 is 0 Å². The molecule has 0 unspecified atom stereocenters. The van der Waals surface area contributed by atoms with Gasteiger partial charge < -0.3 is 14.8 Å². The molecule has 1 fully saturated rings. The van der Waals surface area contributed by atoms with Crippen molar-refractivity contribution in [1.29, 1.82) is 0 Å². The molecular weight excluding hydrogens is 590 g/mol. The number of nitrogens with one attached hydrogen (secondary N) is 4. The number of nitrogens with zero attached hydrogens (tertiary/aromatic N) is 1. The summed E-state index contributed by atoms with van der Waals surface area (Å²) < 4.78 is 40.3. The van der Waals surface area contributed by atoms with Gasteiger partial charge in [0.15, 0.2) is 0 Å². The molecule has 43 heavy (non-hydrogen) atoms. The van der Waals surface area contributed by atoms with Crippen LogP contribution in [-0.4, -0.2) is 56.4 Å². The van der Waals surface area contributed by atoms with Gasteiger partial charge in [0.2, 0.25) is 10.0 Å². The van der Waals surface area contributed by atoms with E-state index in [0.29, 0.717) is 26.8 Å². The molecule has 1 aromatic heterocycles. The predicted octanol–water partition coefficient (Wildman–Crippen LogP) is 6.20. The normalized spacial score (nSPS) is 15.6. The average molecular weight is 630 g/mol. The summed E-state index contributed by atoms with van der Waals surface area (Å²) in [6.07, 6.45) is 3.33. The van der Waals surface area contributed by atoms with Crippen LogP contribution in [0.1, 0.15) is 53.9 Å². The molecule has 232 valence electrons. The number of sulfonamides is 1. The number of benzene rings is 2. The lowest BCUT2D eigenvalue weighted by atomic mass is 10.1. The highest BCUT2D eigenvalue weighted by Crippen LogP contribution is 2.37. The second-order valence-electron chi connectivity index (χ2n) is 11.6. The number of hydrogen-bond acceptors (Lipinski definition) is 9. The first-order chi connectivity index (χ1) is 20.3. The molecule has 4 N–H and O–H groups in total. The highest BCUT2D eigenvalue weighted by atomic mass is 32.2. The van der Waals surface area contributed by atoms with Crippen LogP contribution in [0.5, 0.6) is 0 Å². The van der Waals surface area contributed by atoms with E-state index in [1.54, 1.807) is 65.1 Å². The summed E-state index contributed by atoms with van der Waals surface area (Å²) >= 11 is 1.32. The molecule has 13 heteroatoms. The van der Waals surface area contributed by atoms with Crippen molar-refractivity contribution < 1.29 is 27.5 Å². The third-order valence-corrected chi connectivity index (χ3v) is 9.16. The van der Waals surface area contributed by atoms with Crippen LogP contribution < -0.4 is 20.7 Å². The number of thiazole rings is 1. The standard InChI is InChI=1S/C30H39N5O6S2/c1-19(2)41-29(37)33-21-11-9-20(10-12-21)27-32-17-25(42-27)24-14-13-22(16-26(24)43(38,39)35-30(3,4)5)34-28(36)40-18-23-8-6-7-15-31-23/h9-14,16-17,19,23,31,35H,6-8,15,18H2,1-5H3,(H,33,37)(H,34,36)/t23-/m1/s1. The molecule has 1 saturated heterocycles. The maximum absolute atomic E-state index is 13.6. The molecule has 4 rings (SSSR count). The van der Waals surface area contributed by atoms with E-state index in [4.69, 9.17) is 9.47 Å². The largest absolute Gasteiger partial charge is 0.448 e. The molecule has 0 aliphatic carbocycles. The van der Waals surface area contributed by atoms with E-state index in [1.165, 1.54) is 17.4 Å². The Balaban J connectivity index is 1.56. The van der Waals surface area contributed by atoms with Gasteiger partial charge in [-0.1, -0.05) is 12.5 Å². The molecule has 2 heterocycles. The molecule has 0 saturated carbocycles. The fourth-order valence-electron chi connectivity index (χ4n) is 4.47. The van der Waals surface area contributed by atoms with Gasteiger partial charge in [0.05, 0.1) is 15.9 Å². The summed E-state index contributed by atoms with van der Waals surface area (Å²) in [6.45, 7) is 9.96. The molecule has 11 nitrogen and oxygen atoms in total. The van der Waals surface area contributed by atoms with Crippen molar-refractivity contribution in [2.24, 2.45) is 0 Å². The Hall–Kier alpha value is -3.52. The van der Waals surface area contributed by atoms with Crippen LogP contribution in [0.3, 0.4) is 0 Å². The van der Waals surface area contributed by atoms with Crippen molar-refractivity contribution in [1.82, 2.24) is 15.0 Å². The van der Waals surface area contributed by atoms with Crippen LogP contribution in [0.2, 0.25) is 0 Å². The van der Waals surface area contributed by atoms with Crippen LogP contribution in [0, 0.1) is 0 Å². The highest BCUT2D eigenvalue weighted by Gasteiger charge is 2.27. The summed E-state index contributed by atoms with van der Waals surface area (Å²) in [5, 5.41) is 9.33. The van der Waals surface area contributed by atoms with E-state index in [9.17, 15) is 18.0 Å². The van der Waals surface area contributed by atoms with E-state index in [2.05, 4.69) is 25.7 Å². The molecule has 3 aromatic rings. The lowest BCUT2D eigenvalue weighted by Gasteiger charge is -2.23. The zero-order valence-electron chi connectivity index (χ0n) is 25.0.